The molecule has 0 bridgehead atoms. The number of nitrogens with two attached hydrogens (primary N) is 1. The summed E-state index contributed by atoms with van der Waals surface area (Å²) in [6.45, 7) is 2.69. The Balaban J connectivity index is 1.76. The number of rotatable bonds is 6. The number of fused-ring (bicyclic) bond motifs is 2. The van der Waals surface area contributed by atoms with Gasteiger partial charge in [-0.05, 0) is 19.8 Å². The molecule has 1 aromatic carbocycles. The standard InChI is InChI=1S/C27H28N8O3/c1-2-3-11-33-24-23(31-27(33)32-10-6-7-19(29)16-32)25(37)34(12-13-36)35(26(24)38)17-22-21-9-5-4-8-20(21)18(14-28)15-30-22/h4-5,8-9,15,19,36H,6-7,10-13,16-17,29H2,1H3. The highest BCUT2D eigenvalue weighted by Crippen LogP contribution is 2.23. The SMILES string of the molecule is CC#CCn1c(N2CCCC(N)C2)nc2c(=O)n(CCO)n(Cc3ncc(C#N)c4ccccc34)c(=O)c21. The quantitative estimate of drug-likeness (QED) is 0.360. The number of pyridine rings is 1. The number of benzene rings is 1. The molecule has 1 aliphatic rings. The van der Waals surface area contributed by atoms with Gasteiger partial charge < -0.3 is 15.7 Å². The van der Waals surface area contributed by atoms with Crippen LogP contribution in [0.25, 0.3) is 21.8 Å². The van der Waals surface area contributed by atoms with Crippen LogP contribution in [0.3, 0.4) is 0 Å². The first kappa shape index (κ1) is 25.2. The fraction of sp³-hybridized carbons (Fsp3) is 0.370. The third kappa shape index (κ3) is 4.32. The number of imidazole rings is 1. The van der Waals surface area contributed by atoms with Crippen LogP contribution in [0.1, 0.15) is 31.0 Å². The summed E-state index contributed by atoms with van der Waals surface area (Å²) in [5.74, 6) is 6.35. The Kier molecular flexibility index (Phi) is 6.97. The van der Waals surface area contributed by atoms with E-state index >= 15 is 0 Å². The zero-order valence-electron chi connectivity index (χ0n) is 21.1. The van der Waals surface area contributed by atoms with Gasteiger partial charge in [0.1, 0.15) is 11.6 Å². The maximum absolute atomic E-state index is 14.1. The maximum atomic E-state index is 14.1. The van der Waals surface area contributed by atoms with E-state index in [4.69, 9.17) is 5.73 Å². The average molecular weight is 513 g/mol. The largest absolute Gasteiger partial charge is 0.394 e. The minimum absolute atomic E-state index is 0.0318. The highest BCUT2D eigenvalue weighted by molar-refractivity contribution is 5.89. The van der Waals surface area contributed by atoms with Gasteiger partial charge in [-0.1, -0.05) is 30.2 Å². The summed E-state index contributed by atoms with van der Waals surface area (Å²) in [4.78, 5) is 38.9. The van der Waals surface area contributed by atoms with Crippen LogP contribution in [-0.2, 0) is 19.6 Å². The van der Waals surface area contributed by atoms with Gasteiger partial charge >= 0.3 is 0 Å². The Morgan fingerprint density at radius 1 is 1.18 bits per heavy atom. The summed E-state index contributed by atoms with van der Waals surface area (Å²) < 4.78 is 4.20. The van der Waals surface area contributed by atoms with Gasteiger partial charge in [0.05, 0.1) is 37.5 Å². The Labute approximate surface area is 218 Å². The second kappa shape index (κ2) is 10.5. The molecule has 3 N–H and O–H groups in total. The molecule has 1 fully saturated rings. The van der Waals surface area contributed by atoms with Gasteiger partial charge in [-0.3, -0.25) is 19.1 Å². The van der Waals surface area contributed by atoms with Crippen LogP contribution in [0.5, 0.6) is 0 Å². The molecule has 194 valence electrons. The average Bonchev–Trinajstić information content (AvgIpc) is 3.32. The van der Waals surface area contributed by atoms with Crippen molar-refractivity contribution in [1.29, 1.82) is 5.26 Å². The summed E-state index contributed by atoms with van der Waals surface area (Å²) in [5, 5.41) is 20.7. The molecular weight excluding hydrogens is 484 g/mol. The minimum atomic E-state index is -0.489. The number of piperidine rings is 1. The van der Waals surface area contributed by atoms with E-state index in [-0.39, 0.29) is 43.3 Å². The first-order chi connectivity index (χ1) is 18.5. The van der Waals surface area contributed by atoms with Crippen LogP contribution < -0.4 is 21.8 Å². The van der Waals surface area contributed by atoms with Crippen molar-refractivity contribution in [2.24, 2.45) is 5.73 Å². The number of aliphatic hydroxyl groups is 1. The molecule has 11 heteroatoms. The molecule has 11 nitrogen and oxygen atoms in total. The minimum Gasteiger partial charge on any atom is -0.394 e. The van der Waals surface area contributed by atoms with E-state index in [0.29, 0.717) is 41.1 Å². The van der Waals surface area contributed by atoms with Crippen molar-refractivity contribution in [1.82, 2.24) is 23.9 Å². The smallest absolute Gasteiger partial charge is 0.293 e. The van der Waals surface area contributed by atoms with Crippen molar-refractivity contribution in [2.45, 2.75) is 45.4 Å². The van der Waals surface area contributed by atoms with Crippen LogP contribution in [0.4, 0.5) is 5.95 Å². The number of hydrogen-bond donors (Lipinski definition) is 2. The molecule has 4 heterocycles. The molecule has 1 saturated heterocycles. The maximum Gasteiger partial charge on any atom is 0.293 e. The zero-order chi connectivity index (χ0) is 26.8. The van der Waals surface area contributed by atoms with Gasteiger partial charge in [0.15, 0.2) is 5.52 Å². The molecule has 5 rings (SSSR count). The van der Waals surface area contributed by atoms with Crippen LogP contribution in [0.2, 0.25) is 0 Å². The van der Waals surface area contributed by atoms with E-state index in [0.717, 1.165) is 12.8 Å². The first-order valence-electron chi connectivity index (χ1n) is 12.5. The lowest BCUT2D eigenvalue weighted by molar-refractivity contribution is 0.252. The molecular formula is C27H28N8O3. The lowest BCUT2D eigenvalue weighted by Gasteiger charge is -2.31. The van der Waals surface area contributed by atoms with E-state index in [9.17, 15) is 20.0 Å². The van der Waals surface area contributed by atoms with Gasteiger partial charge in [0, 0.05) is 36.1 Å². The zero-order valence-corrected chi connectivity index (χ0v) is 21.1. The summed E-state index contributed by atoms with van der Waals surface area (Å²) in [7, 11) is 0. The Morgan fingerprint density at radius 3 is 2.68 bits per heavy atom. The Hall–Kier alpha value is -4.45. The summed E-state index contributed by atoms with van der Waals surface area (Å²) in [5.41, 5.74) is 6.40. The third-order valence-corrected chi connectivity index (χ3v) is 6.88. The molecule has 1 aliphatic heterocycles. The summed E-state index contributed by atoms with van der Waals surface area (Å²) >= 11 is 0. The molecule has 0 aliphatic carbocycles. The van der Waals surface area contributed by atoms with Gasteiger partial charge in [-0.2, -0.15) is 5.26 Å². The van der Waals surface area contributed by atoms with Gasteiger partial charge in [0.25, 0.3) is 11.1 Å². The number of hydrogen-bond acceptors (Lipinski definition) is 8. The highest BCUT2D eigenvalue weighted by Gasteiger charge is 2.27. The van der Waals surface area contributed by atoms with Gasteiger partial charge in [-0.15, -0.1) is 5.92 Å². The van der Waals surface area contributed by atoms with Crippen LogP contribution >= 0.6 is 0 Å². The highest BCUT2D eigenvalue weighted by atomic mass is 16.3. The second-order valence-corrected chi connectivity index (χ2v) is 9.26. The van der Waals surface area contributed by atoms with E-state index in [1.807, 2.05) is 29.2 Å². The molecule has 1 atom stereocenters. The number of anilines is 1. The van der Waals surface area contributed by atoms with Crippen LogP contribution in [-0.4, -0.2) is 54.7 Å². The predicted octanol–water partition coefficient (Wildman–Crippen LogP) is 0.771. The fourth-order valence-electron chi connectivity index (χ4n) is 5.09. The molecule has 0 spiro atoms. The van der Waals surface area contributed by atoms with E-state index in [1.165, 1.54) is 15.6 Å². The monoisotopic (exact) mass is 512 g/mol. The van der Waals surface area contributed by atoms with E-state index in [1.54, 1.807) is 11.5 Å². The van der Waals surface area contributed by atoms with Crippen LogP contribution in [0, 0.1) is 23.2 Å². The molecule has 38 heavy (non-hydrogen) atoms. The second-order valence-electron chi connectivity index (χ2n) is 9.26. The lowest BCUT2D eigenvalue weighted by atomic mass is 10.1. The number of nitriles is 1. The Bertz CT molecular complexity index is 1750. The van der Waals surface area contributed by atoms with Gasteiger partial charge in [0.2, 0.25) is 5.95 Å². The summed E-state index contributed by atoms with van der Waals surface area (Å²) in [6, 6.07) is 9.41. The Morgan fingerprint density at radius 2 is 1.97 bits per heavy atom. The number of aliphatic hydroxyl groups excluding tert-OH is 1. The number of nitrogens with zero attached hydrogens (tertiary/aromatic N) is 7. The topological polar surface area (TPSA) is 148 Å². The van der Waals surface area contributed by atoms with Crippen molar-refractivity contribution in [2.75, 3.05) is 24.6 Å². The predicted molar refractivity (Wildman–Crippen MR) is 144 cm³/mol. The lowest BCUT2D eigenvalue weighted by Crippen LogP contribution is -2.44. The van der Waals surface area contributed by atoms with Gasteiger partial charge in [-0.25, -0.2) is 14.3 Å². The normalized spacial score (nSPS) is 15.4. The van der Waals surface area contributed by atoms with Crippen molar-refractivity contribution in [3.63, 3.8) is 0 Å². The van der Waals surface area contributed by atoms with E-state index in [2.05, 4.69) is 27.9 Å². The van der Waals surface area contributed by atoms with Crippen molar-refractivity contribution in [3.8, 4) is 17.9 Å². The molecule has 3 aromatic heterocycles. The van der Waals surface area contributed by atoms with Crippen molar-refractivity contribution in [3.05, 3.63) is 62.4 Å². The first-order valence-corrected chi connectivity index (χ1v) is 12.5. The molecule has 4 aromatic rings. The molecule has 1 unspecified atom stereocenters. The van der Waals surface area contributed by atoms with Crippen molar-refractivity contribution >= 4 is 27.8 Å². The third-order valence-electron chi connectivity index (χ3n) is 6.88. The summed E-state index contributed by atoms with van der Waals surface area (Å²) in [6.07, 6.45) is 3.24. The molecule has 0 radical (unpaired) electrons. The number of aromatic nitrogens is 5. The molecule has 0 saturated carbocycles. The van der Waals surface area contributed by atoms with Crippen LogP contribution in [0.15, 0.2) is 40.1 Å². The molecule has 0 amide bonds. The van der Waals surface area contributed by atoms with E-state index < -0.39 is 11.1 Å². The fourth-order valence-corrected chi connectivity index (χ4v) is 5.09. The van der Waals surface area contributed by atoms with Crippen molar-refractivity contribution < 1.29 is 5.11 Å².